The normalized spacial score (nSPS) is 18.1. The Labute approximate surface area is 120 Å². The lowest BCUT2D eigenvalue weighted by molar-refractivity contribution is 0.648. The molecule has 2 nitrogen and oxygen atoms in total. The number of allylic oxidation sites excluding steroid dienone is 1. The Kier molecular flexibility index (Phi) is 2.53. The van der Waals surface area contributed by atoms with Gasteiger partial charge in [-0.2, -0.15) is 0 Å². The molecule has 4 rings (SSSR count). The summed E-state index contributed by atoms with van der Waals surface area (Å²) < 4.78 is 1.34. The van der Waals surface area contributed by atoms with Crippen LogP contribution in [0.3, 0.4) is 0 Å². The number of thioether (sulfide) groups is 1. The summed E-state index contributed by atoms with van der Waals surface area (Å²) in [5, 5.41) is 4.58. The third-order valence-electron chi connectivity index (χ3n) is 3.42. The maximum Gasteiger partial charge on any atom is 0.168 e. The van der Waals surface area contributed by atoms with Crippen LogP contribution in [-0.2, 0) is 0 Å². The molecule has 0 atom stereocenters. The summed E-state index contributed by atoms with van der Waals surface area (Å²) in [5.41, 5.74) is 2.53. The fraction of sp³-hybridized carbons (Fsp3) is 0.133. The van der Waals surface area contributed by atoms with Crippen molar-refractivity contribution in [3.63, 3.8) is 0 Å². The summed E-state index contributed by atoms with van der Waals surface area (Å²) in [6.07, 6.45) is 1.94. The van der Waals surface area contributed by atoms with Gasteiger partial charge in [-0.3, -0.25) is 4.99 Å². The smallest absolute Gasteiger partial charge is 0.168 e. The molecule has 2 aliphatic rings. The van der Waals surface area contributed by atoms with Crippen LogP contribution in [-0.4, -0.2) is 23.2 Å². The third kappa shape index (κ3) is 1.67. The second kappa shape index (κ2) is 4.25. The molecule has 0 unspecified atom stereocenters. The molecule has 0 saturated carbocycles. The minimum atomic E-state index is 0.900. The van der Waals surface area contributed by atoms with Crippen molar-refractivity contribution in [1.29, 1.82) is 0 Å². The van der Waals surface area contributed by atoms with Gasteiger partial charge in [0.15, 0.2) is 5.17 Å². The molecule has 2 aromatic rings. The van der Waals surface area contributed by atoms with Crippen LogP contribution in [0.1, 0.15) is 5.56 Å². The summed E-state index contributed by atoms with van der Waals surface area (Å²) in [5.74, 6) is 0. The molecule has 0 aliphatic carbocycles. The third-order valence-corrected chi connectivity index (χ3v) is 5.43. The number of hydrogen-bond donors (Lipinski definition) is 0. The molecular formula is C15H12N2S2. The molecule has 94 valence electrons. The molecule has 0 fully saturated rings. The van der Waals surface area contributed by atoms with E-state index >= 15 is 0 Å². The van der Waals surface area contributed by atoms with Gasteiger partial charge in [-0.05, 0) is 40.7 Å². The first-order chi connectivity index (χ1) is 9.36. The van der Waals surface area contributed by atoms with Crippen LogP contribution >= 0.6 is 23.1 Å². The van der Waals surface area contributed by atoms with Gasteiger partial charge in [0.05, 0.1) is 12.2 Å². The van der Waals surface area contributed by atoms with E-state index in [2.05, 4.69) is 46.1 Å². The van der Waals surface area contributed by atoms with Crippen LogP contribution in [0.5, 0.6) is 0 Å². The zero-order chi connectivity index (χ0) is 12.8. The number of aliphatic imine (C=N–C) groups is 1. The second-order valence-electron chi connectivity index (χ2n) is 4.51. The van der Waals surface area contributed by atoms with E-state index in [1.165, 1.54) is 26.3 Å². The minimum absolute atomic E-state index is 0.900. The number of hydrogen-bond acceptors (Lipinski definition) is 4. The zero-order valence-electron chi connectivity index (χ0n) is 10.3. The molecule has 0 amide bonds. The number of nitrogens with zero attached hydrogens (tertiary/aromatic N) is 2. The van der Waals surface area contributed by atoms with E-state index in [-0.39, 0.29) is 0 Å². The average Bonchev–Trinajstić information content (AvgIpc) is 3.11. The van der Waals surface area contributed by atoms with Crippen LogP contribution in [0.4, 0.5) is 0 Å². The Morgan fingerprint density at radius 3 is 3.16 bits per heavy atom. The number of benzene rings is 1. The van der Waals surface area contributed by atoms with Crippen LogP contribution in [0.2, 0.25) is 0 Å². The van der Waals surface area contributed by atoms with Crippen molar-refractivity contribution in [3.8, 4) is 0 Å². The summed E-state index contributed by atoms with van der Waals surface area (Å²) in [6.45, 7) is 5.82. The highest BCUT2D eigenvalue weighted by Gasteiger charge is 2.31. The van der Waals surface area contributed by atoms with E-state index in [1.54, 1.807) is 23.1 Å². The first kappa shape index (κ1) is 11.3. The van der Waals surface area contributed by atoms with Gasteiger partial charge in [0.2, 0.25) is 0 Å². The second-order valence-corrected chi connectivity index (χ2v) is 6.46. The predicted octanol–water partition coefficient (Wildman–Crippen LogP) is 4.17. The van der Waals surface area contributed by atoms with Crippen molar-refractivity contribution in [3.05, 3.63) is 52.8 Å². The van der Waals surface area contributed by atoms with Gasteiger partial charge in [0.25, 0.3) is 0 Å². The van der Waals surface area contributed by atoms with Crippen molar-refractivity contribution in [1.82, 2.24) is 4.90 Å². The lowest BCUT2D eigenvalue weighted by atomic mass is 10.1. The van der Waals surface area contributed by atoms with E-state index in [9.17, 15) is 0 Å². The van der Waals surface area contributed by atoms with Gasteiger partial charge in [-0.25, -0.2) is 0 Å². The highest BCUT2D eigenvalue weighted by Crippen LogP contribution is 2.42. The number of amidine groups is 1. The van der Waals surface area contributed by atoms with Crippen LogP contribution in [0, 0.1) is 0 Å². The summed E-state index contributed by atoms with van der Waals surface area (Å²) in [6, 6.07) is 8.86. The van der Waals surface area contributed by atoms with E-state index in [4.69, 9.17) is 0 Å². The maximum absolute atomic E-state index is 4.54. The van der Waals surface area contributed by atoms with Crippen LogP contribution in [0.15, 0.2) is 52.2 Å². The van der Waals surface area contributed by atoms with Gasteiger partial charge in [0, 0.05) is 21.7 Å². The van der Waals surface area contributed by atoms with Crippen LogP contribution in [0.25, 0.3) is 15.8 Å². The van der Waals surface area contributed by atoms with Gasteiger partial charge >= 0.3 is 0 Å². The van der Waals surface area contributed by atoms with E-state index in [0.717, 1.165) is 18.3 Å². The number of fused-ring (bicyclic) bond motifs is 2. The fourth-order valence-corrected chi connectivity index (χ4v) is 4.38. The maximum atomic E-state index is 4.54. The van der Waals surface area contributed by atoms with E-state index in [1.807, 2.05) is 6.08 Å². The van der Waals surface area contributed by atoms with Crippen molar-refractivity contribution < 1.29 is 0 Å². The highest BCUT2D eigenvalue weighted by atomic mass is 32.2. The number of thiophene rings is 1. The fourth-order valence-electron chi connectivity index (χ4n) is 2.55. The quantitative estimate of drug-likeness (QED) is 0.822. The zero-order valence-corrected chi connectivity index (χ0v) is 11.9. The molecule has 2 aliphatic heterocycles. The molecule has 0 bridgehead atoms. The standard InChI is InChI=1S/C15H12N2S2/c1-2-12-14(17-7-6-16-15(17)19-12)11-3-4-13-10(9-11)5-8-18-13/h2-5,8-9H,1,6-7H2. The molecule has 3 heterocycles. The number of rotatable bonds is 2. The summed E-state index contributed by atoms with van der Waals surface area (Å²) >= 11 is 3.52. The molecule has 0 saturated heterocycles. The first-order valence-electron chi connectivity index (χ1n) is 6.21. The lowest BCUT2D eigenvalue weighted by Gasteiger charge is -2.17. The lowest BCUT2D eigenvalue weighted by Crippen LogP contribution is -2.19. The monoisotopic (exact) mass is 284 g/mol. The van der Waals surface area contributed by atoms with Gasteiger partial charge < -0.3 is 4.90 Å². The predicted molar refractivity (Wildman–Crippen MR) is 85.5 cm³/mol. The molecule has 1 aromatic carbocycles. The summed E-state index contributed by atoms with van der Waals surface area (Å²) in [7, 11) is 0. The highest BCUT2D eigenvalue weighted by molar-refractivity contribution is 8.17. The van der Waals surface area contributed by atoms with Crippen molar-refractivity contribution in [2.24, 2.45) is 4.99 Å². The molecular weight excluding hydrogens is 272 g/mol. The Morgan fingerprint density at radius 1 is 1.32 bits per heavy atom. The van der Waals surface area contributed by atoms with E-state index in [0.29, 0.717) is 0 Å². The Morgan fingerprint density at radius 2 is 2.26 bits per heavy atom. The van der Waals surface area contributed by atoms with Crippen molar-refractivity contribution >= 4 is 44.0 Å². The molecule has 0 N–H and O–H groups in total. The molecule has 0 spiro atoms. The minimum Gasteiger partial charge on any atom is -0.317 e. The average molecular weight is 284 g/mol. The van der Waals surface area contributed by atoms with E-state index < -0.39 is 0 Å². The molecule has 19 heavy (non-hydrogen) atoms. The topological polar surface area (TPSA) is 15.6 Å². The molecule has 4 heteroatoms. The Bertz CT molecular complexity index is 739. The van der Waals surface area contributed by atoms with Gasteiger partial charge in [-0.1, -0.05) is 18.7 Å². The van der Waals surface area contributed by atoms with Gasteiger partial charge in [0.1, 0.15) is 0 Å². The molecule has 1 aromatic heterocycles. The first-order valence-corrected chi connectivity index (χ1v) is 7.90. The Hall–Kier alpha value is -1.52. The largest absolute Gasteiger partial charge is 0.317 e. The van der Waals surface area contributed by atoms with Crippen molar-refractivity contribution in [2.75, 3.05) is 13.1 Å². The van der Waals surface area contributed by atoms with Crippen molar-refractivity contribution in [2.45, 2.75) is 0 Å². The summed E-state index contributed by atoms with van der Waals surface area (Å²) in [4.78, 5) is 8.07. The SMILES string of the molecule is C=CC1=C(c2ccc3sccc3c2)N2CCN=C2S1. The van der Waals surface area contributed by atoms with Crippen LogP contribution < -0.4 is 0 Å². The molecule has 0 radical (unpaired) electrons. The van der Waals surface area contributed by atoms with Gasteiger partial charge in [-0.15, -0.1) is 11.3 Å². The Balaban J connectivity index is 1.89.